The summed E-state index contributed by atoms with van der Waals surface area (Å²) in [6, 6.07) is 4.22. The summed E-state index contributed by atoms with van der Waals surface area (Å²) in [6.45, 7) is 5.46. The van der Waals surface area contributed by atoms with Gasteiger partial charge in [-0.15, -0.1) is 0 Å². The van der Waals surface area contributed by atoms with Crippen molar-refractivity contribution in [1.82, 2.24) is 4.90 Å². The lowest BCUT2D eigenvalue weighted by atomic mass is 9.99. The molecule has 0 aromatic heterocycles. The number of hydrogen-bond donors (Lipinski definition) is 0. The normalized spacial score (nSPS) is 15.7. The molecule has 0 fully saturated rings. The molecule has 0 bridgehead atoms. The van der Waals surface area contributed by atoms with Crippen LogP contribution >= 0.6 is 0 Å². The molecule has 1 aliphatic rings. The Hall–Kier alpha value is -1.22. The van der Waals surface area contributed by atoms with Gasteiger partial charge in [-0.3, -0.25) is 4.90 Å². The van der Waals surface area contributed by atoms with Gasteiger partial charge in [0.05, 0.1) is 14.2 Å². The van der Waals surface area contributed by atoms with Gasteiger partial charge < -0.3 is 9.47 Å². The topological polar surface area (TPSA) is 21.7 Å². The van der Waals surface area contributed by atoms with Gasteiger partial charge in [0, 0.05) is 13.1 Å². The molecular weight excluding hydrogens is 202 g/mol. The maximum atomic E-state index is 5.33. The molecular formula is C13H19NO2. The van der Waals surface area contributed by atoms with Crippen LogP contribution in [0.15, 0.2) is 12.1 Å². The zero-order valence-electron chi connectivity index (χ0n) is 10.2. The number of rotatable bonds is 3. The zero-order valence-corrected chi connectivity index (χ0v) is 10.2. The van der Waals surface area contributed by atoms with E-state index in [-0.39, 0.29) is 0 Å². The maximum Gasteiger partial charge on any atom is 0.161 e. The molecule has 88 valence electrons. The van der Waals surface area contributed by atoms with Gasteiger partial charge in [-0.1, -0.05) is 6.92 Å². The fourth-order valence-corrected chi connectivity index (χ4v) is 2.21. The van der Waals surface area contributed by atoms with Crippen LogP contribution in [0.2, 0.25) is 0 Å². The molecule has 1 aliphatic heterocycles. The third kappa shape index (κ3) is 2.00. The Morgan fingerprint density at radius 3 is 2.31 bits per heavy atom. The molecule has 1 aromatic carbocycles. The molecule has 16 heavy (non-hydrogen) atoms. The summed E-state index contributed by atoms with van der Waals surface area (Å²) in [6.07, 6.45) is 1.10. The summed E-state index contributed by atoms with van der Waals surface area (Å²) < 4.78 is 10.6. The second-order valence-electron chi connectivity index (χ2n) is 4.09. The monoisotopic (exact) mass is 221 g/mol. The van der Waals surface area contributed by atoms with Crippen LogP contribution in [0.25, 0.3) is 0 Å². The third-order valence-corrected chi connectivity index (χ3v) is 3.24. The van der Waals surface area contributed by atoms with E-state index in [1.165, 1.54) is 11.1 Å². The lowest BCUT2D eigenvalue weighted by Crippen LogP contribution is -2.30. The average molecular weight is 221 g/mol. The molecule has 0 unspecified atom stereocenters. The van der Waals surface area contributed by atoms with E-state index in [2.05, 4.69) is 24.0 Å². The number of fused-ring (bicyclic) bond motifs is 1. The Kier molecular flexibility index (Phi) is 3.34. The highest BCUT2D eigenvalue weighted by Gasteiger charge is 2.17. The van der Waals surface area contributed by atoms with E-state index in [9.17, 15) is 0 Å². The third-order valence-electron chi connectivity index (χ3n) is 3.24. The summed E-state index contributed by atoms with van der Waals surface area (Å²) in [5, 5.41) is 0. The molecule has 0 aliphatic carbocycles. The second kappa shape index (κ2) is 4.74. The first-order valence-corrected chi connectivity index (χ1v) is 5.74. The van der Waals surface area contributed by atoms with Crippen LogP contribution in [0, 0.1) is 0 Å². The zero-order chi connectivity index (χ0) is 11.5. The lowest BCUT2D eigenvalue weighted by Gasteiger charge is -2.28. The molecule has 0 amide bonds. The Labute approximate surface area is 97.0 Å². The summed E-state index contributed by atoms with van der Waals surface area (Å²) in [4.78, 5) is 2.44. The number of hydrogen-bond acceptors (Lipinski definition) is 3. The van der Waals surface area contributed by atoms with Crippen LogP contribution in [-0.4, -0.2) is 32.2 Å². The first kappa shape index (κ1) is 11.3. The minimum Gasteiger partial charge on any atom is -0.493 e. The minimum absolute atomic E-state index is 0.833. The molecule has 0 N–H and O–H groups in total. The molecule has 3 nitrogen and oxygen atoms in total. The van der Waals surface area contributed by atoms with Crippen LogP contribution in [0.1, 0.15) is 18.1 Å². The van der Waals surface area contributed by atoms with Gasteiger partial charge in [-0.2, -0.15) is 0 Å². The number of benzene rings is 1. The summed E-state index contributed by atoms with van der Waals surface area (Å²) in [5.74, 6) is 1.67. The van der Waals surface area contributed by atoms with Crippen molar-refractivity contribution in [2.75, 3.05) is 27.3 Å². The Morgan fingerprint density at radius 1 is 1.12 bits per heavy atom. The van der Waals surface area contributed by atoms with Gasteiger partial charge >= 0.3 is 0 Å². The van der Waals surface area contributed by atoms with Crippen molar-refractivity contribution in [3.05, 3.63) is 23.3 Å². The highest BCUT2D eigenvalue weighted by molar-refractivity contribution is 5.48. The van der Waals surface area contributed by atoms with Crippen molar-refractivity contribution in [3.63, 3.8) is 0 Å². The van der Waals surface area contributed by atoms with Gasteiger partial charge in [0.25, 0.3) is 0 Å². The highest BCUT2D eigenvalue weighted by Crippen LogP contribution is 2.33. The predicted molar refractivity (Wildman–Crippen MR) is 64.2 cm³/mol. The molecule has 0 saturated heterocycles. The summed E-state index contributed by atoms with van der Waals surface area (Å²) >= 11 is 0. The standard InChI is InChI=1S/C13H19NO2/c1-4-14-6-5-10-7-12(15-2)13(16-3)8-11(10)9-14/h7-8H,4-6,9H2,1-3H3. The van der Waals surface area contributed by atoms with Gasteiger partial charge in [0.15, 0.2) is 11.5 Å². The van der Waals surface area contributed by atoms with Crippen LogP contribution in [0.5, 0.6) is 11.5 Å². The van der Waals surface area contributed by atoms with Crippen molar-refractivity contribution < 1.29 is 9.47 Å². The first-order valence-electron chi connectivity index (χ1n) is 5.74. The van der Waals surface area contributed by atoms with E-state index in [1.807, 2.05) is 0 Å². The highest BCUT2D eigenvalue weighted by atomic mass is 16.5. The van der Waals surface area contributed by atoms with Crippen molar-refractivity contribution in [3.8, 4) is 11.5 Å². The Balaban J connectivity index is 2.34. The van der Waals surface area contributed by atoms with Crippen LogP contribution in [-0.2, 0) is 13.0 Å². The maximum absolute atomic E-state index is 5.33. The molecule has 0 saturated carbocycles. The number of ether oxygens (including phenoxy) is 2. The van der Waals surface area contributed by atoms with E-state index < -0.39 is 0 Å². The smallest absolute Gasteiger partial charge is 0.161 e. The quantitative estimate of drug-likeness (QED) is 0.780. The van der Waals surface area contributed by atoms with Crippen LogP contribution < -0.4 is 9.47 Å². The van der Waals surface area contributed by atoms with Crippen molar-refractivity contribution in [2.24, 2.45) is 0 Å². The van der Waals surface area contributed by atoms with Crippen molar-refractivity contribution in [2.45, 2.75) is 19.9 Å². The average Bonchev–Trinajstić information content (AvgIpc) is 2.36. The molecule has 0 spiro atoms. The predicted octanol–water partition coefficient (Wildman–Crippen LogP) is 2.08. The molecule has 0 atom stereocenters. The summed E-state index contributed by atoms with van der Waals surface area (Å²) in [5.41, 5.74) is 2.76. The Morgan fingerprint density at radius 2 is 1.75 bits per heavy atom. The molecule has 1 heterocycles. The molecule has 1 aromatic rings. The van der Waals surface area contributed by atoms with Gasteiger partial charge in [0.1, 0.15) is 0 Å². The van der Waals surface area contributed by atoms with Crippen molar-refractivity contribution in [1.29, 1.82) is 0 Å². The first-order chi connectivity index (χ1) is 7.78. The van der Waals surface area contributed by atoms with Crippen molar-refractivity contribution >= 4 is 0 Å². The molecule has 0 radical (unpaired) electrons. The molecule has 3 heteroatoms. The SMILES string of the molecule is CCN1CCc2cc(OC)c(OC)cc2C1. The Bertz CT molecular complexity index is 376. The van der Waals surface area contributed by atoms with Crippen LogP contribution in [0.4, 0.5) is 0 Å². The van der Waals surface area contributed by atoms with E-state index in [0.29, 0.717) is 0 Å². The largest absolute Gasteiger partial charge is 0.493 e. The van der Waals surface area contributed by atoms with Crippen LogP contribution in [0.3, 0.4) is 0 Å². The number of nitrogens with zero attached hydrogens (tertiary/aromatic N) is 1. The van der Waals surface area contributed by atoms with Gasteiger partial charge in [0.2, 0.25) is 0 Å². The van der Waals surface area contributed by atoms with E-state index in [0.717, 1.165) is 37.6 Å². The van der Waals surface area contributed by atoms with E-state index in [1.54, 1.807) is 14.2 Å². The lowest BCUT2D eigenvalue weighted by molar-refractivity contribution is 0.266. The molecule has 2 rings (SSSR count). The summed E-state index contributed by atoms with van der Waals surface area (Å²) in [7, 11) is 3.37. The van der Waals surface area contributed by atoms with Gasteiger partial charge in [-0.05, 0) is 36.2 Å². The number of likely N-dealkylation sites (N-methyl/N-ethyl adjacent to an activating group) is 1. The van der Waals surface area contributed by atoms with E-state index >= 15 is 0 Å². The second-order valence-corrected chi connectivity index (χ2v) is 4.09. The van der Waals surface area contributed by atoms with E-state index in [4.69, 9.17) is 9.47 Å². The fourth-order valence-electron chi connectivity index (χ4n) is 2.21. The fraction of sp³-hybridized carbons (Fsp3) is 0.538. The minimum atomic E-state index is 0.833. The van der Waals surface area contributed by atoms with Gasteiger partial charge in [-0.25, -0.2) is 0 Å². The number of methoxy groups -OCH3 is 2.